The van der Waals surface area contributed by atoms with E-state index < -0.39 is 78.5 Å². The first-order valence-electron chi connectivity index (χ1n) is 16.8. The molecule has 1 aliphatic heterocycles. The third kappa shape index (κ3) is 18.2. The Morgan fingerprint density at radius 1 is 0.870 bits per heavy atom. The Kier molecular flexibility index (Phi) is 22.8. The maximum Gasteiger partial charge on any atom is 0.397 e. The molecule has 46 heavy (non-hydrogen) atoms. The summed E-state index contributed by atoms with van der Waals surface area (Å²) in [5.74, 6) is -0.721. The lowest BCUT2D eigenvalue weighted by Crippen LogP contribution is -2.61. The molecule has 0 aromatic carbocycles. The summed E-state index contributed by atoms with van der Waals surface area (Å²) < 4.78 is 46.9. The number of rotatable bonds is 26. The fourth-order valence-electron chi connectivity index (χ4n) is 5.07. The van der Waals surface area contributed by atoms with Gasteiger partial charge in [-0.3, -0.25) is 9.35 Å². The van der Waals surface area contributed by atoms with Gasteiger partial charge in [0.15, 0.2) is 6.29 Å². The van der Waals surface area contributed by atoms with E-state index in [0.717, 1.165) is 38.5 Å². The van der Waals surface area contributed by atoms with Gasteiger partial charge in [0.25, 0.3) is 0 Å². The second-order valence-electron chi connectivity index (χ2n) is 11.9. The molecular weight excluding hydrogens is 622 g/mol. The van der Waals surface area contributed by atoms with E-state index in [4.69, 9.17) is 14.0 Å². The summed E-state index contributed by atoms with van der Waals surface area (Å²) in [5, 5.41) is 54.4. The lowest BCUT2D eigenvalue weighted by Gasteiger charge is -2.41. The van der Waals surface area contributed by atoms with Crippen molar-refractivity contribution in [3.8, 4) is 0 Å². The molecule has 0 aromatic rings. The summed E-state index contributed by atoms with van der Waals surface area (Å²) in [6.45, 7) is 2.99. The van der Waals surface area contributed by atoms with Crippen LogP contribution in [0.5, 0.6) is 0 Å². The van der Waals surface area contributed by atoms with Gasteiger partial charge in [-0.05, 0) is 25.7 Å². The van der Waals surface area contributed by atoms with Crippen molar-refractivity contribution in [2.24, 2.45) is 0 Å². The molecule has 8 atom stereocenters. The quantitative estimate of drug-likeness (QED) is 0.0399. The molecule has 1 amide bonds. The first kappa shape index (κ1) is 42.6. The van der Waals surface area contributed by atoms with E-state index in [-0.39, 0.29) is 6.42 Å². The lowest BCUT2D eigenvalue weighted by molar-refractivity contribution is -0.298. The zero-order valence-corrected chi connectivity index (χ0v) is 28.3. The van der Waals surface area contributed by atoms with Crippen molar-refractivity contribution >= 4 is 16.3 Å². The second-order valence-corrected chi connectivity index (χ2v) is 12.9. The molecule has 0 saturated carbocycles. The van der Waals surface area contributed by atoms with E-state index in [1.807, 2.05) is 6.08 Å². The standard InChI is InChI=1S/C32H59NO12S/c1-3-5-7-9-11-12-13-15-17-19-21-26(36)31(39)33-24(25(35)20-18-16-14-10-8-6-4-2)23-43-32-29(38)30(45-46(40,41)42)28(37)27(22-34)44-32/h8,10,18,20,24-30,32,34-38H,3-7,9,11-17,19,21-23H2,1-2H3,(H,33,39)(H,40,41,42)/b10-8+,20-18+. The summed E-state index contributed by atoms with van der Waals surface area (Å²) in [6, 6.07) is -1.13. The Morgan fingerprint density at radius 2 is 1.46 bits per heavy atom. The van der Waals surface area contributed by atoms with E-state index in [9.17, 15) is 38.7 Å². The van der Waals surface area contributed by atoms with E-state index in [0.29, 0.717) is 12.8 Å². The Bertz CT molecular complexity index is 963. The van der Waals surface area contributed by atoms with Crippen molar-refractivity contribution in [1.82, 2.24) is 5.32 Å². The third-order valence-corrected chi connectivity index (χ3v) is 8.29. The van der Waals surface area contributed by atoms with Crippen LogP contribution in [-0.4, -0.2) is 107 Å². The van der Waals surface area contributed by atoms with Gasteiger partial charge in [-0.25, -0.2) is 4.18 Å². The second kappa shape index (κ2) is 24.6. The average Bonchev–Trinajstić information content (AvgIpc) is 3.01. The van der Waals surface area contributed by atoms with E-state index in [2.05, 4.69) is 29.4 Å². The molecule has 0 bridgehead atoms. The van der Waals surface area contributed by atoms with E-state index in [1.165, 1.54) is 44.6 Å². The van der Waals surface area contributed by atoms with Crippen molar-refractivity contribution in [3.63, 3.8) is 0 Å². The first-order chi connectivity index (χ1) is 21.9. The molecule has 14 heteroatoms. The van der Waals surface area contributed by atoms with Gasteiger partial charge in [0.2, 0.25) is 5.91 Å². The summed E-state index contributed by atoms with van der Waals surface area (Å²) in [4.78, 5) is 12.9. The van der Waals surface area contributed by atoms with Crippen LogP contribution in [0, 0.1) is 0 Å². The molecule has 1 aliphatic rings. The monoisotopic (exact) mass is 681 g/mol. The molecule has 0 aliphatic carbocycles. The summed E-state index contributed by atoms with van der Waals surface area (Å²) >= 11 is 0. The van der Waals surface area contributed by atoms with Crippen molar-refractivity contribution in [2.45, 2.75) is 159 Å². The molecule has 8 unspecified atom stereocenters. The maximum absolute atomic E-state index is 12.9. The van der Waals surface area contributed by atoms with Crippen molar-refractivity contribution in [2.75, 3.05) is 13.2 Å². The minimum Gasteiger partial charge on any atom is -0.394 e. The lowest BCUT2D eigenvalue weighted by atomic mass is 9.99. The summed E-state index contributed by atoms with van der Waals surface area (Å²) in [6.07, 6.45) is 10.6. The predicted octanol–water partition coefficient (Wildman–Crippen LogP) is 2.84. The SMILES string of the molecule is CCC/C=C/CC/C=C/C(O)C(COC1OC(CO)C(O)C(OS(=O)(=O)O)C1O)NC(=O)C(O)CCCCCCCCCCCC. The number of aliphatic hydroxyl groups excluding tert-OH is 5. The van der Waals surface area contributed by atoms with Crippen LogP contribution in [0.1, 0.15) is 110 Å². The molecule has 0 aromatic heterocycles. The number of hydrogen-bond donors (Lipinski definition) is 7. The Morgan fingerprint density at radius 3 is 2.04 bits per heavy atom. The highest BCUT2D eigenvalue weighted by Gasteiger charge is 2.48. The number of ether oxygens (including phenoxy) is 2. The summed E-state index contributed by atoms with van der Waals surface area (Å²) in [7, 11) is -5.11. The number of nitrogens with one attached hydrogen (secondary N) is 1. The largest absolute Gasteiger partial charge is 0.397 e. The smallest absolute Gasteiger partial charge is 0.394 e. The van der Waals surface area contributed by atoms with Crippen LogP contribution in [0.25, 0.3) is 0 Å². The van der Waals surface area contributed by atoms with Crippen LogP contribution >= 0.6 is 0 Å². The number of amides is 1. The normalized spacial score (nSPS) is 24.4. The predicted molar refractivity (Wildman–Crippen MR) is 173 cm³/mol. The highest BCUT2D eigenvalue weighted by molar-refractivity contribution is 7.80. The third-order valence-electron chi connectivity index (χ3n) is 7.82. The number of allylic oxidation sites excluding steroid dienone is 3. The maximum atomic E-state index is 12.9. The number of carbonyl (C=O) groups excluding carboxylic acids is 1. The molecule has 1 rings (SSSR count). The first-order valence-corrected chi connectivity index (χ1v) is 18.2. The van der Waals surface area contributed by atoms with Gasteiger partial charge < -0.3 is 40.3 Å². The molecule has 1 saturated heterocycles. The molecule has 7 N–H and O–H groups in total. The Hall–Kier alpha value is -1.46. The Labute approximate surface area is 275 Å². The summed E-state index contributed by atoms with van der Waals surface area (Å²) in [5.41, 5.74) is 0. The van der Waals surface area contributed by atoms with Gasteiger partial charge in [0.1, 0.15) is 30.5 Å². The molecular formula is C32H59NO12S. The highest BCUT2D eigenvalue weighted by Crippen LogP contribution is 2.26. The van der Waals surface area contributed by atoms with Crippen LogP contribution in [0.2, 0.25) is 0 Å². The van der Waals surface area contributed by atoms with Gasteiger partial charge in [-0.15, -0.1) is 0 Å². The fourth-order valence-corrected chi connectivity index (χ4v) is 5.58. The highest BCUT2D eigenvalue weighted by atomic mass is 32.3. The molecule has 13 nitrogen and oxygen atoms in total. The number of hydrogen-bond acceptors (Lipinski definition) is 11. The van der Waals surface area contributed by atoms with Crippen LogP contribution in [0.4, 0.5) is 0 Å². The van der Waals surface area contributed by atoms with Crippen molar-refractivity contribution in [3.05, 3.63) is 24.3 Å². The van der Waals surface area contributed by atoms with Gasteiger partial charge in [-0.1, -0.05) is 109 Å². The van der Waals surface area contributed by atoms with Crippen LogP contribution in [0.3, 0.4) is 0 Å². The van der Waals surface area contributed by atoms with E-state index in [1.54, 1.807) is 6.08 Å². The van der Waals surface area contributed by atoms with Crippen LogP contribution < -0.4 is 5.32 Å². The topological polar surface area (TPSA) is 212 Å². The van der Waals surface area contributed by atoms with Crippen molar-refractivity contribution < 1.29 is 57.0 Å². The van der Waals surface area contributed by atoms with Crippen molar-refractivity contribution in [1.29, 1.82) is 0 Å². The average molecular weight is 682 g/mol. The van der Waals surface area contributed by atoms with Gasteiger partial charge >= 0.3 is 10.4 Å². The Balaban J connectivity index is 2.79. The molecule has 0 spiro atoms. The fraction of sp³-hybridized carbons (Fsp3) is 0.844. The number of carbonyl (C=O) groups is 1. The molecule has 270 valence electrons. The van der Waals surface area contributed by atoms with Gasteiger partial charge in [0.05, 0.1) is 25.4 Å². The van der Waals surface area contributed by atoms with E-state index >= 15 is 0 Å². The molecule has 1 heterocycles. The van der Waals surface area contributed by atoms with Gasteiger partial charge in [-0.2, -0.15) is 8.42 Å². The van der Waals surface area contributed by atoms with Crippen LogP contribution in [-0.2, 0) is 28.9 Å². The molecule has 1 fully saturated rings. The minimum atomic E-state index is -5.11. The van der Waals surface area contributed by atoms with Gasteiger partial charge in [0, 0.05) is 0 Å². The van der Waals surface area contributed by atoms with Crippen LogP contribution in [0.15, 0.2) is 24.3 Å². The molecule has 0 radical (unpaired) electrons. The number of aliphatic hydroxyl groups is 5. The zero-order valence-electron chi connectivity index (χ0n) is 27.5. The minimum absolute atomic E-state index is 0.237. The number of unbranched alkanes of at least 4 members (excludes halogenated alkanes) is 11. The zero-order chi connectivity index (χ0) is 34.4.